The minimum absolute atomic E-state index is 0.00495. The van der Waals surface area contributed by atoms with Crippen molar-refractivity contribution in [1.29, 1.82) is 0 Å². The molecule has 0 aliphatic rings. The van der Waals surface area contributed by atoms with E-state index in [1.165, 1.54) is 6.92 Å². The third-order valence-electron chi connectivity index (χ3n) is 0.924. The van der Waals surface area contributed by atoms with Gasteiger partial charge in [-0.25, -0.2) is 0 Å². The first-order valence-electron chi connectivity index (χ1n) is 2.97. The van der Waals surface area contributed by atoms with Crippen LogP contribution in [0.25, 0.3) is 0 Å². The zero-order valence-electron chi connectivity index (χ0n) is 6.55. The summed E-state index contributed by atoms with van der Waals surface area (Å²) in [7, 11) is 0. The molecule has 0 N–H and O–H groups in total. The van der Waals surface area contributed by atoms with E-state index < -0.39 is 5.97 Å². The number of hydrogen-bond acceptors (Lipinski definition) is 4. The molecule has 62 valence electrons. The van der Waals surface area contributed by atoms with E-state index in [4.69, 9.17) is 0 Å². The van der Waals surface area contributed by atoms with E-state index in [1.807, 2.05) is 0 Å². The smallest absolute Gasteiger partial charge is 0.302 e. The Kier molecular flexibility index (Phi) is 4.61. The fraction of sp³-hybridized carbons (Fsp3) is 0.429. The first-order valence-corrected chi connectivity index (χ1v) is 4.20. The fourth-order valence-corrected chi connectivity index (χ4v) is 0.740. The molecular weight excluding hydrogens is 164 g/mol. The van der Waals surface area contributed by atoms with Crippen LogP contribution in [0.3, 0.4) is 0 Å². The Morgan fingerprint density at radius 2 is 2.09 bits per heavy atom. The molecule has 0 aromatic heterocycles. The lowest BCUT2D eigenvalue weighted by atomic mass is 10.4. The van der Waals surface area contributed by atoms with Gasteiger partial charge in [0, 0.05) is 12.5 Å². The number of rotatable bonds is 3. The summed E-state index contributed by atoms with van der Waals surface area (Å²) in [5.74, 6) is -0.403. The van der Waals surface area contributed by atoms with Crippen molar-refractivity contribution in [2.75, 3.05) is 12.9 Å². The van der Waals surface area contributed by atoms with Crippen molar-refractivity contribution in [3.63, 3.8) is 0 Å². The van der Waals surface area contributed by atoms with Crippen LogP contribution < -0.4 is 0 Å². The standard InChI is InChI=1S/C7H10O3S/c1-5(7(9)11-3)4-10-6(2)8/h1,4H2,2-3H3. The van der Waals surface area contributed by atoms with E-state index in [2.05, 4.69) is 11.3 Å². The number of hydrogen-bond donors (Lipinski definition) is 0. The molecule has 0 aliphatic heterocycles. The first kappa shape index (κ1) is 10.2. The van der Waals surface area contributed by atoms with Gasteiger partial charge < -0.3 is 4.74 Å². The maximum Gasteiger partial charge on any atom is 0.302 e. The van der Waals surface area contributed by atoms with Crippen molar-refractivity contribution >= 4 is 22.8 Å². The summed E-state index contributed by atoms with van der Waals surface area (Å²) >= 11 is 1.05. The Labute approximate surface area is 69.8 Å². The molecule has 0 spiro atoms. The van der Waals surface area contributed by atoms with E-state index in [0.717, 1.165) is 11.8 Å². The molecule has 0 amide bonds. The summed E-state index contributed by atoms with van der Waals surface area (Å²) in [6.07, 6.45) is 1.65. The minimum atomic E-state index is -0.403. The molecule has 0 atom stereocenters. The van der Waals surface area contributed by atoms with Crippen LogP contribution in [-0.4, -0.2) is 23.9 Å². The molecule has 11 heavy (non-hydrogen) atoms. The van der Waals surface area contributed by atoms with E-state index in [-0.39, 0.29) is 11.7 Å². The van der Waals surface area contributed by atoms with Crippen molar-refractivity contribution in [1.82, 2.24) is 0 Å². The molecule has 0 radical (unpaired) electrons. The Hall–Kier alpha value is -0.770. The maximum absolute atomic E-state index is 10.8. The molecule has 0 saturated heterocycles. The molecule has 0 aromatic rings. The zero-order chi connectivity index (χ0) is 8.85. The summed E-state index contributed by atoms with van der Waals surface area (Å²) in [4.78, 5) is 21.1. The SMILES string of the molecule is C=C(COC(C)=O)C(=O)SC. The van der Waals surface area contributed by atoms with Crippen LogP contribution in [0.15, 0.2) is 12.2 Å². The lowest BCUT2D eigenvalue weighted by Crippen LogP contribution is -2.07. The molecule has 0 fully saturated rings. The number of esters is 1. The van der Waals surface area contributed by atoms with Gasteiger partial charge in [-0.2, -0.15) is 0 Å². The average molecular weight is 174 g/mol. The monoisotopic (exact) mass is 174 g/mol. The second-order valence-corrected chi connectivity index (χ2v) is 2.65. The van der Waals surface area contributed by atoms with Gasteiger partial charge in [0.15, 0.2) is 0 Å². The predicted octanol–water partition coefficient (Wildman–Crippen LogP) is 0.995. The molecule has 0 aromatic carbocycles. The molecular formula is C7H10O3S. The van der Waals surface area contributed by atoms with Gasteiger partial charge in [-0.3, -0.25) is 9.59 Å². The van der Waals surface area contributed by atoms with Crippen LogP contribution in [0.4, 0.5) is 0 Å². The Balaban J connectivity index is 3.70. The topological polar surface area (TPSA) is 43.4 Å². The van der Waals surface area contributed by atoms with Crippen molar-refractivity contribution in [2.24, 2.45) is 0 Å². The number of carbonyl (C=O) groups excluding carboxylic acids is 2. The van der Waals surface area contributed by atoms with Crippen molar-refractivity contribution in [2.45, 2.75) is 6.92 Å². The van der Waals surface area contributed by atoms with Gasteiger partial charge in [0.25, 0.3) is 0 Å². The largest absolute Gasteiger partial charge is 0.461 e. The highest BCUT2D eigenvalue weighted by atomic mass is 32.2. The predicted molar refractivity (Wildman–Crippen MR) is 44.3 cm³/mol. The van der Waals surface area contributed by atoms with Crippen LogP contribution >= 0.6 is 11.8 Å². The zero-order valence-corrected chi connectivity index (χ0v) is 7.36. The lowest BCUT2D eigenvalue weighted by Gasteiger charge is -2.01. The third-order valence-corrected chi connectivity index (χ3v) is 1.58. The molecule has 0 aliphatic carbocycles. The molecule has 3 nitrogen and oxygen atoms in total. The minimum Gasteiger partial charge on any atom is -0.461 e. The molecule has 0 rings (SSSR count). The summed E-state index contributed by atoms with van der Waals surface area (Å²) < 4.78 is 4.55. The Morgan fingerprint density at radius 1 is 1.55 bits per heavy atom. The molecule has 0 saturated carbocycles. The van der Waals surface area contributed by atoms with Crippen molar-refractivity contribution in [3.05, 3.63) is 12.2 Å². The summed E-state index contributed by atoms with van der Waals surface area (Å²) in [6.45, 7) is 4.73. The number of thioether (sulfide) groups is 1. The molecule has 4 heteroatoms. The second-order valence-electron chi connectivity index (χ2n) is 1.88. The van der Waals surface area contributed by atoms with Crippen LogP contribution in [0.2, 0.25) is 0 Å². The maximum atomic E-state index is 10.8. The molecule has 0 unspecified atom stereocenters. The van der Waals surface area contributed by atoms with Gasteiger partial charge in [0.05, 0.1) is 0 Å². The molecule has 0 heterocycles. The van der Waals surface area contributed by atoms with E-state index in [9.17, 15) is 9.59 Å². The van der Waals surface area contributed by atoms with Gasteiger partial charge in [0.2, 0.25) is 5.12 Å². The average Bonchev–Trinajstić information content (AvgIpc) is 1.98. The first-order chi connectivity index (χ1) is 5.07. The summed E-state index contributed by atoms with van der Waals surface area (Å²) in [6, 6.07) is 0. The fourth-order valence-electron chi connectivity index (χ4n) is 0.392. The van der Waals surface area contributed by atoms with Crippen molar-refractivity contribution in [3.8, 4) is 0 Å². The van der Waals surface area contributed by atoms with Crippen LogP contribution in [0.1, 0.15) is 6.92 Å². The third kappa shape index (κ3) is 4.61. The van der Waals surface area contributed by atoms with E-state index in [0.29, 0.717) is 5.57 Å². The van der Waals surface area contributed by atoms with Crippen LogP contribution in [-0.2, 0) is 14.3 Å². The van der Waals surface area contributed by atoms with E-state index in [1.54, 1.807) is 6.26 Å². The van der Waals surface area contributed by atoms with Gasteiger partial charge >= 0.3 is 5.97 Å². The highest BCUT2D eigenvalue weighted by molar-refractivity contribution is 8.13. The normalized spacial score (nSPS) is 8.91. The highest BCUT2D eigenvalue weighted by Gasteiger charge is 2.05. The van der Waals surface area contributed by atoms with Gasteiger partial charge in [-0.15, -0.1) is 0 Å². The quantitative estimate of drug-likeness (QED) is 0.473. The Morgan fingerprint density at radius 3 is 2.45 bits per heavy atom. The second kappa shape index (κ2) is 4.96. The van der Waals surface area contributed by atoms with Gasteiger partial charge in [-0.05, 0) is 6.26 Å². The number of carbonyl (C=O) groups is 2. The van der Waals surface area contributed by atoms with Crippen LogP contribution in [0, 0.1) is 0 Å². The summed E-state index contributed by atoms with van der Waals surface area (Å²) in [5, 5.41) is -0.147. The summed E-state index contributed by atoms with van der Waals surface area (Å²) in [5.41, 5.74) is 0.313. The van der Waals surface area contributed by atoms with Gasteiger partial charge in [-0.1, -0.05) is 18.3 Å². The van der Waals surface area contributed by atoms with Gasteiger partial charge in [0.1, 0.15) is 6.61 Å². The lowest BCUT2D eigenvalue weighted by molar-refractivity contribution is -0.140. The highest BCUT2D eigenvalue weighted by Crippen LogP contribution is 2.04. The van der Waals surface area contributed by atoms with Crippen LogP contribution in [0.5, 0.6) is 0 Å². The van der Waals surface area contributed by atoms with E-state index >= 15 is 0 Å². The Bertz CT molecular complexity index is 186. The number of ether oxygens (including phenoxy) is 1. The molecule has 0 bridgehead atoms. The van der Waals surface area contributed by atoms with Crippen molar-refractivity contribution < 1.29 is 14.3 Å².